The van der Waals surface area contributed by atoms with Crippen molar-refractivity contribution in [3.05, 3.63) is 35.9 Å². The molecule has 6 heteroatoms. The highest BCUT2D eigenvalue weighted by Gasteiger charge is 2.12. The van der Waals surface area contributed by atoms with E-state index in [9.17, 15) is 9.59 Å². The van der Waals surface area contributed by atoms with Crippen LogP contribution in [0.1, 0.15) is 18.0 Å². The van der Waals surface area contributed by atoms with Crippen molar-refractivity contribution in [2.75, 3.05) is 26.8 Å². The number of nitrogens with two attached hydrogens (primary N) is 1. The molecular formula is C14H21N3O3. The zero-order valence-electron chi connectivity index (χ0n) is 11.6. The number of nitrogens with one attached hydrogen (secondary N) is 2. The summed E-state index contributed by atoms with van der Waals surface area (Å²) in [5.41, 5.74) is 6.82. The smallest absolute Gasteiger partial charge is 0.239 e. The number of benzene rings is 1. The van der Waals surface area contributed by atoms with E-state index < -0.39 is 0 Å². The van der Waals surface area contributed by atoms with E-state index in [4.69, 9.17) is 10.5 Å². The molecule has 0 aromatic heterocycles. The number of hydrogen-bond donors (Lipinski definition) is 3. The van der Waals surface area contributed by atoms with Crippen LogP contribution < -0.4 is 16.4 Å². The molecule has 0 fully saturated rings. The molecule has 0 heterocycles. The Morgan fingerprint density at radius 1 is 1.20 bits per heavy atom. The van der Waals surface area contributed by atoms with Crippen molar-refractivity contribution in [1.29, 1.82) is 0 Å². The quantitative estimate of drug-likeness (QED) is 0.582. The van der Waals surface area contributed by atoms with Crippen molar-refractivity contribution in [1.82, 2.24) is 10.6 Å². The van der Waals surface area contributed by atoms with E-state index in [0.717, 1.165) is 5.56 Å². The molecule has 110 valence electrons. The number of carbonyl (C=O) groups excluding carboxylic acids is 2. The number of amides is 2. The minimum absolute atomic E-state index is 0.0515. The van der Waals surface area contributed by atoms with E-state index in [1.807, 2.05) is 30.3 Å². The predicted octanol–water partition coefficient (Wildman–Crippen LogP) is -0.0447. The van der Waals surface area contributed by atoms with E-state index in [-0.39, 0.29) is 30.8 Å². The lowest BCUT2D eigenvalue weighted by Gasteiger charge is -2.12. The maximum absolute atomic E-state index is 11.7. The maximum Gasteiger partial charge on any atom is 0.239 e. The fourth-order valence-corrected chi connectivity index (χ4v) is 1.62. The number of carbonyl (C=O) groups is 2. The van der Waals surface area contributed by atoms with E-state index in [1.54, 1.807) is 7.11 Å². The average Bonchev–Trinajstić information content (AvgIpc) is 2.46. The first kappa shape index (κ1) is 16.1. The third-order valence-corrected chi connectivity index (χ3v) is 2.71. The molecule has 0 aliphatic carbocycles. The summed E-state index contributed by atoms with van der Waals surface area (Å²) in [6.07, 6.45) is 0.148. The molecule has 4 N–H and O–H groups in total. The monoisotopic (exact) mass is 279 g/mol. The third-order valence-electron chi connectivity index (χ3n) is 2.71. The van der Waals surface area contributed by atoms with E-state index in [0.29, 0.717) is 13.2 Å². The molecule has 6 nitrogen and oxygen atoms in total. The summed E-state index contributed by atoms with van der Waals surface area (Å²) in [6.45, 7) is 0.817. The van der Waals surface area contributed by atoms with Crippen LogP contribution >= 0.6 is 0 Å². The first-order valence-electron chi connectivity index (χ1n) is 6.46. The molecule has 1 rings (SSSR count). The van der Waals surface area contributed by atoms with Gasteiger partial charge in [-0.2, -0.15) is 0 Å². The van der Waals surface area contributed by atoms with Gasteiger partial charge in [0.05, 0.1) is 13.2 Å². The van der Waals surface area contributed by atoms with Gasteiger partial charge in [-0.3, -0.25) is 9.59 Å². The van der Waals surface area contributed by atoms with Crippen molar-refractivity contribution in [3.63, 3.8) is 0 Å². The molecule has 1 aromatic rings. The maximum atomic E-state index is 11.7. The molecular weight excluding hydrogens is 258 g/mol. The van der Waals surface area contributed by atoms with Gasteiger partial charge in [-0.15, -0.1) is 0 Å². The molecule has 0 radical (unpaired) electrons. The fourth-order valence-electron chi connectivity index (χ4n) is 1.62. The Balaban J connectivity index is 2.25. The van der Waals surface area contributed by atoms with Gasteiger partial charge in [0.2, 0.25) is 11.8 Å². The molecule has 0 saturated carbocycles. The Morgan fingerprint density at radius 3 is 2.55 bits per heavy atom. The number of hydrogen-bond acceptors (Lipinski definition) is 4. The first-order valence-corrected chi connectivity index (χ1v) is 6.46. The van der Waals surface area contributed by atoms with E-state index in [2.05, 4.69) is 10.6 Å². The van der Waals surface area contributed by atoms with Crippen LogP contribution in [0.4, 0.5) is 0 Å². The van der Waals surface area contributed by atoms with Crippen LogP contribution in [0.3, 0.4) is 0 Å². The molecule has 0 bridgehead atoms. The summed E-state index contributed by atoms with van der Waals surface area (Å²) in [5.74, 6) is -0.494. The molecule has 0 saturated heterocycles. The van der Waals surface area contributed by atoms with Crippen LogP contribution in [-0.4, -0.2) is 38.6 Å². The predicted molar refractivity (Wildman–Crippen MR) is 75.9 cm³/mol. The van der Waals surface area contributed by atoms with Crippen molar-refractivity contribution in [2.45, 2.75) is 12.5 Å². The normalized spacial score (nSPS) is 11.7. The van der Waals surface area contributed by atoms with Gasteiger partial charge >= 0.3 is 0 Å². The molecule has 0 aliphatic heterocycles. The van der Waals surface area contributed by atoms with Gasteiger partial charge in [0, 0.05) is 26.1 Å². The van der Waals surface area contributed by atoms with E-state index >= 15 is 0 Å². The van der Waals surface area contributed by atoms with Crippen LogP contribution in [0.5, 0.6) is 0 Å². The summed E-state index contributed by atoms with van der Waals surface area (Å²) in [7, 11) is 1.55. The summed E-state index contributed by atoms with van der Waals surface area (Å²) in [6, 6.07) is 9.01. The van der Waals surface area contributed by atoms with E-state index in [1.165, 1.54) is 0 Å². The Morgan fingerprint density at radius 2 is 1.90 bits per heavy atom. The summed E-state index contributed by atoms with van der Waals surface area (Å²) < 4.78 is 4.80. The largest absolute Gasteiger partial charge is 0.383 e. The molecule has 1 aromatic carbocycles. The van der Waals surface area contributed by atoms with Crippen molar-refractivity contribution >= 4 is 11.8 Å². The molecule has 0 spiro atoms. The molecule has 1 atom stereocenters. The van der Waals surface area contributed by atoms with Gasteiger partial charge in [-0.05, 0) is 5.56 Å². The SMILES string of the molecule is COCCNC(=O)CNC(=O)CC(N)c1ccccc1. The van der Waals surface area contributed by atoms with Crippen LogP contribution in [0.2, 0.25) is 0 Å². The van der Waals surface area contributed by atoms with Crippen LogP contribution in [0.15, 0.2) is 30.3 Å². The zero-order valence-corrected chi connectivity index (χ0v) is 11.6. The van der Waals surface area contributed by atoms with Gasteiger partial charge in [0.25, 0.3) is 0 Å². The lowest BCUT2D eigenvalue weighted by Crippen LogP contribution is -2.38. The average molecular weight is 279 g/mol. The van der Waals surface area contributed by atoms with Crippen LogP contribution in [0, 0.1) is 0 Å². The zero-order chi connectivity index (χ0) is 14.8. The minimum atomic E-state index is -0.368. The summed E-state index contributed by atoms with van der Waals surface area (Å²) in [5, 5.41) is 5.15. The summed E-state index contributed by atoms with van der Waals surface area (Å²) in [4.78, 5) is 23.0. The lowest BCUT2D eigenvalue weighted by atomic mass is 10.0. The van der Waals surface area contributed by atoms with Crippen LogP contribution in [-0.2, 0) is 14.3 Å². The Bertz CT molecular complexity index is 423. The number of ether oxygens (including phenoxy) is 1. The molecule has 2 amide bonds. The highest BCUT2D eigenvalue weighted by Crippen LogP contribution is 2.12. The second-order valence-corrected chi connectivity index (χ2v) is 4.34. The van der Waals surface area contributed by atoms with Gasteiger partial charge < -0.3 is 21.1 Å². The second-order valence-electron chi connectivity index (χ2n) is 4.34. The second kappa shape index (κ2) is 9.06. The van der Waals surface area contributed by atoms with Gasteiger partial charge in [-0.25, -0.2) is 0 Å². The highest BCUT2D eigenvalue weighted by molar-refractivity contribution is 5.84. The molecule has 0 aliphatic rings. The van der Waals surface area contributed by atoms with Crippen LogP contribution in [0.25, 0.3) is 0 Å². The third kappa shape index (κ3) is 6.31. The number of methoxy groups -OCH3 is 1. The first-order chi connectivity index (χ1) is 9.63. The van der Waals surface area contributed by atoms with Gasteiger partial charge in [0.15, 0.2) is 0 Å². The highest BCUT2D eigenvalue weighted by atomic mass is 16.5. The molecule has 20 heavy (non-hydrogen) atoms. The number of rotatable bonds is 8. The van der Waals surface area contributed by atoms with Gasteiger partial charge in [-0.1, -0.05) is 30.3 Å². The minimum Gasteiger partial charge on any atom is -0.383 e. The Kier molecular flexibility index (Phi) is 7.31. The van der Waals surface area contributed by atoms with Crippen molar-refractivity contribution < 1.29 is 14.3 Å². The topological polar surface area (TPSA) is 93.5 Å². The van der Waals surface area contributed by atoms with Crippen molar-refractivity contribution in [3.8, 4) is 0 Å². The summed E-state index contributed by atoms with van der Waals surface area (Å²) >= 11 is 0. The Labute approximate surface area is 118 Å². The fraction of sp³-hybridized carbons (Fsp3) is 0.429. The van der Waals surface area contributed by atoms with Gasteiger partial charge in [0.1, 0.15) is 0 Å². The van der Waals surface area contributed by atoms with Crippen molar-refractivity contribution in [2.24, 2.45) is 5.73 Å². The lowest BCUT2D eigenvalue weighted by molar-refractivity contribution is -0.126. The standard InChI is InChI=1S/C14H21N3O3/c1-20-8-7-16-14(19)10-17-13(18)9-12(15)11-5-3-2-4-6-11/h2-6,12H,7-10,15H2,1H3,(H,16,19)(H,17,18). The molecule has 1 unspecified atom stereocenters. The Hall–Kier alpha value is -1.92.